The molecule has 0 radical (unpaired) electrons. The van der Waals surface area contributed by atoms with E-state index < -0.39 is 0 Å². The van der Waals surface area contributed by atoms with E-state index in [9.17, 15) is 0 Å². The zero-order chi connectivity index (χ0) is 9.97. The summed E-state index contributed by atoms with van der Waals surface area (Å²) in [7, 11) is 0. The molecule has 76 valence electrons. The zero-order valence-corrected chi connectivity index (χ0v) is 9.16. The van der Waals surface area contributed by atoms with Crippen molar-refractivity contribution in [1.82, 2.24) is 0 Å². The second kappa shape index (κ2) is 4.14. The third-order valence-corrected chi connectivity index (χ3v) is 3.20. The Morgan fingerprint density at radius 1 is 1.21 bits per heavy atom. The molecule has 1 aromatic rings. The molecule has 1 nitrogen and oxygen atoms in total. The molecule has 1 heteroatoms. The third-order valence-electron chi connectivity index (χ3n) is 3.20. The van der Waals surface area contributed by atoms with Crippen LogP contribution in [-0.4, -0.2) is 6.54 Å². The van der Waals surface area contributed by atoms with Gasteiger partial charge in [0.05, 0.1) is 6.54 Å². The highest BCUT2D eigenvalue weighted by Gasteiger charge is 2.19. The number of rotatable bonds is 2. The van der Waals surface area contributed by atoms with Crippen LogP contribution in [0.15, 0.2) is 24.3 Å². The Hall–Kier alpha value is -0.820. The van der Waals surface area contributed by atoms with Gasteiger partial charge in [-0.3, -0.25) is 0 Å². The van der Waals surface area contributed by atoms with E-state index in [1.807, 2.05) is 0 Å². The van der Waals surface area contributed by atoms with Gasteiger partial charge in [0.25, 0.3) is 0 Å². The predicted octanol–water partition coefficient (Wildman–Crippen LogP) is 2.21. The number of nitrogens with two attached hydrogens (primary N) is 1. The topological polar surface area (TPSA) is 16.6 Å². The summed E-state index contributed by atoms with van der Waals surface area (Å²) in [4.78, 5) is 0. The van der Waals surface area contributed by atoms with Crippen LogP contribution in [0.2, 0.25) is 0 Å². The zero-order valence-electron chi connectivity index (χ0n) is 9.16. The van der Waals surface area contributed by atoms with Crippen LogP contribution in [0, 0.1) is 0 Å². The Bertz CT molecular complexity index is 281. The lowest BCUT2D eigenvalue weighted by atomic mass is 9.98. The largest absolute Gasteiger partial charge is 0.340 e. The van der Waals surface area contributed by atoms with Crippen molar-refractivity contribution in [1.29, 1.82) is 0 Å². The molecule has 1 aliphatic heterocycles. The first-order valence-corrected chi connectivity index (χ1v) is 5.70. The van der Waals surface area contributed by atoms with Crippen molar-refractivity contribution < 1.29 is 5.32 Å². The van der Waals surface area contributed by atoms with Crippen LogP contribution in [0.5, 0.6) is 0 Å². The van der Waals surface area contributed by atoms with E-state index >= 15 is 0 Å². The summed E-state index contributed by atoms with van der Waals surface area (Å²) in [5.74, 6) is 0.650. The van der Waals surface area contributed by atoms with Crippen LogP contribution in [0.1, 0.15) is 49.8 Å². The maximum Gasteiger partial charge on any atom is 0.112 e. The second-order valence-electron chi connectivity index (χ2n) is 4.59. The van der Waals surface area contributed by atoms with Crippen molar-refractivity contribution >= 4 is 0 Å². The van der Waals surface area contributed by atoms with Crippen molar-refractivity contribution in [3.63, 3.8) is 0 Å². The predicted molar refractivity (Wildman–Crippen MR) is 59.3 cm³/mol. The maximum atomic E-state index is 2.46. The molecule has 0 spiro atoms. The molecule has 0 unspecified atom stereocenters. The van der Waals surface area contributed by atoms with E-state index in [4.69, 9.17) is 0 Å². The van der Waals surface area contributed by atoms with Crippen LogP contribution >= 0.6 is 0 Å². The molecular weight excluding hydrogens is 170 g/mol. The molecule has 14 heavy (non-hydrogen) atoms. The van der Waals surface area contributed by atoms with E-state index in [1.165, 1.54) is 30.5 Å². The highest BCUT2D eigenvalue weighted by atomic mass is 14.9. The quantitative estimate of drug-likeness (QED) is 0.736. The normalized spacial score (nSPS) is 21.8. The highest BCUT2D eigenvalue weighted by Crippen LogP contribution is 2.20. The summed E-state index contributed by atoms with van der Waals surface area (Å²) in [5, 5.41) is 2.46. The summed E-state index contributed by atoms with van der Waals surface area (Å²) in [6.07, 6.45) is 2.72. The van der Waals surface area contributed by atoms with E-state index in [0.717, 1.165) is 6.04 Å². The molecule has 0 saturated carbocycles. The first-order chi connectivity index (χ1) is 6.77. The fraction of sp³-hybridized carbons (Fsp3) is 0.538. The molecule has 0 bridgehead atoms. The van der Waals surface area contributed by atoms with Gasteiger partial charge < -0.3 is 5.32 Å². The average Bonchev–Trinajstić information content (AvgIpc) is 2.71. The van der Waals surface area contributed by atoms with E-state index in [1.54, 1.807) is 0 Å². The molecule has 1 heterocycles. The van der Waals surface area contributed by atoms with Gasteiger partial charge in [-0.05, 0) is 11.5 Å². The first kappa shape index (κ1) is 9.72. The van der Waals surface area contributed by atoms with Crippen LogP contribution in [0.4, 0.5) is 0 Å². The van der Waals surface area contributed by atoms with Gasteiger partial charge in [-0.25, -0.2) is 0 Å². The lowest BCUT2D eigenvalue weighted by Gasteiger charge is -2.09. The number of hydrogen-bond acceptors (Lipinski definition) is 0. The van der Waals surface area contributed by atoms with Gasteiger partial charge in [0.15, 0.2) is 0 Å². The minimum atomic E-state index is 0.650. The molecule has 0 amide bonds. The second-order valence-corrected chi connectivity index (χ2v) is 4.59. The van der Waals surface area contributed by atoms with E-state index in [2.05, 4.69) is 43.4 Å². The molecule has 0 aliphatic carbocycles. The minimum absolute atomic E-state index is 0.650. The summed E-state index contributed by atoms with van der Waals surface area (Å²) >= 11 is 0. The van der Waals surface area contributed by atoms with E-state index in [0.29, 0.717) is 5.92 Å². The molecule has 1 fully saturated rings. The van der Waals surface area contributed by atoms with Crippen molar-refractivity contribution in [3.8, 4) is 0 Å². The lowest BCUT2D eigenvalue weighted by molar-refractivity contribution is -0.676. The van der Waals surface area contributed by atoms with Gasteiger partial charge in [0.1, 0.15) is 6.04 Å². The molecular formula is C13H20N+. The first-order valence-electron chi connectivity index (χ1n) is 5.70. The fourth-order valence-electron chi connectivity index (χ4n) is 2.21. The van der Waals surface area contributed by atoms with Gasteiger partial charge in [-0.15, -0.1) is 0 Å². The summed E-state index contributed by atoms with van der Waals surface area (Å²) in [6, 6.07) is 9.92. The number of quaternary nitrogens is 1. The van der Waals surface area contributed by atoms with Crippen LogP contribution < -0.4 is 5.32 Å². The lowest BCUT2D eigenvalue weighted by Crippen LogP contribution is -2.81. The Balaban J connectivity index is 2.12. The van der Waals surface area contributed by atoms with Crippen molar-refractivity contribution in [2.75, 3.05) is 6.54 Å². The van der Waals surface area contributed by atoms with Crippen molar-refractivity contribution in [2.45, 2.75) is 38.6 Å². The maximum absolute atomic E-state index is 2.46. The number of benzene rings is 1. The smallest absolute Gasteiger partial charge is 0.112 e. The van der Waals surface area contributed by atoms with Crippen molar-refractivity contribution in [3.05, 3.63) is 35.4 Å². The Labute approximate surface area is 86.5 Å². The average molecular weight is 190 g/mol. The molecule has 2 rings (SSSR count). The fourth-order valence-corrected chi connectivity index (χ4v) is 2.21. The van der Waals surface area contributed by atoms with Crippen LogP contribution in [0.3, 0.4) is 0 Å². The van der Waals surface area contributed by atoms with Crippen molar-refractivity contribution in [2.24, 2.45) is 0 Å². The van der Waals surface area contributed by atoms with Crippen LogP contribution in [0.25, 0.3) is 0 Å². The van der Waals surface area contributed by atoms with Gasteiger partial charge in [0, 0.05) is 18.4 Å². The SMILES string of the molecule is CC(C)c1ccc([C@H]2CCC[NH2+]2)cc1. The molecule has 0 aromatic heterocycles. The van der Waals surface area contributed by atoms with Gasteiger partial charge in [-0.2, -0.15) is 0 Å². The Morgan fingerprint density at radius 2 is 1.93 bits per heavy atom. The summed E-state index contributed by atoms with van der Waals surface area (Å²) in [6.45, 7) is 5.80. The molecule has 1 saturated heterocycles. The van der Waals surface area contributed by atoms with Gasteiger partial charge in [-0.1, -0.05) is 38.1 Å². The third kappa shape index (κ3) is 1.98. The Kier molecular flexibility index (Phi) is 2.87. The molecule has 1 aromatic carbocycles. The standard InChI is InChI=1S/C13H19N/c1-10(2)11-5-7-12(8-6-11)13-4-3-9-14-13/h5-8,10,13-14H,3-4,9H2,1-2H3/p+1/t13-/m1/s1. The monoisotopic (exact) mass is 190 g/mol. The number of hydrogen-bond donors (Lipinski definition) is 1. The van der Waals surface area contributed by atoms with Crippen LogP contribution in [-0.2, 0) is 0 Å². The van der Waals surface area contributed by atoms with Gasteiger partial charge in [0.2, 0.25) is 0 Å². The van der Waals surface area contributed by atoms with E-state index in [-0.39, 0.29) is 0 Å². The van der Waals surface area contributed by atoms with Gasteiger partial charge >= 0.3 is 0 Å². The Morgan fingerprint density at radius 3 is 2.43 bits per heavy atom. The summed E-state index contributed by atoms with van der Waals surface area (Å²) < 4.78 is 0. The summed E-state index contributed by atoms with van der Waals surface area (Å²) in [5.41, 5.74) is 2.96. The highest BCUT2D eigenvalue weighted by molar-refractivity contribution is 5.26. The molecule has 1 atom stereocenters. The molecule has 1 aliphatic rings. The molecule has 2 N–H and O–H groups in total. The minimum Gasteiger partial charge on any atom is -0.340 e.